The Hall–Kier alpha value is -2.57. The molecule has 134 valence electrons. The average molecular weight is 346 g/mol. The molecule has 7 nitrogen and oxygen atoms in total. The zero-order chi connectivity index (χ0) is 17.8. The van der Waals surface area contributed by atoms with Crippen molar-refractivity contribution in [2.45, 2.75) is 32.2 Å². The molecule has 0 N–H and O–H groups in total. The van der Waals surface area contributed by atoms with E-state index in [2.05, 4.69) is 6.92 Å². The van der Waals surface area contributed by atoms with Crippen LogP contribution in [0.1, 0.15) is 36.5 Å². The number of amides is 3. The van der Waals surface area contributed by atoms with Gasteiger partial charge in [0.2, 0.25) is 0 Å². The van der Waals surface area contributed by atoms with Crippen LogP contribution in [0.3, 0.4) is 0 Å². The maximum Gasteiger partial charge on any atom is 0.417 e. The molecule has 1 atom stereocenters. The first-order valence-corrected chi connectivity index (χ1v) is 8.61. The number of rotatable bonds is 6. The Labute approximate surface area is 146 Å². The zero-order valence-corrected chi connectivity index (χ0v) is 14.3. The second-order valence-corrected chi connectivity index (χ2v) is 6.24. The normalized spacial score (nSPS) is 20.1. The largest absolute Gasteiger partial charge is 0.494 e. The lowest BCUT2D eigenvalue weighted by molar-refractivity contribution is -0.127. The van der Waals surface area contributed by atoms with Crippen molar-refractivity contribution in [3.8, 4) is 5.75 Å². The molecular formula is C18H22N2O5. The van der Waals surface area contributed by atoms with Gasteiger partial charge in [-0.15, -0.1) is 0 Å². The molecule has 0 bridgehead atoms. The Balaban J connectivity index is 1.58. The standard InChI is InChI=1S/C18H22N2O5/c1-2-3-10-24-15-6-4-13(5-7-15)17(22)19-9-8-14(11-19)20-16(21)12-25-18(20)23/h4-7,14H,2-3,8-12H2,1H3. The molecule has 0 saturated carbocycles. The highest BCUT2D eigenvalue weighted by Gasteiger charge is 2.41. The molecule has 1 aromatic carbocycles. The summed E-state index contributed by atoms with van der Waals surface area (Å²) in [5.41, 5.74) is 0.568. The molecule has 25 heavy (non-hydrogen) atoms. The zero-order valence-electron chi connectivity index (χ0n) is 14.3. The van der Waals surface area contributed by atoms with E-state index in [9.17, 15) is 14.4 Å². The molecule has 0 spiro atoms. The van der Waals surface area contributed by atoms with Gasteiger partial charge in [-0.25, -0.2) is 9.69 Å². The molecule has 0 aromatic heterocycles. The lowest BCUT2D eigenvalue weighted by atomic mass is 10.2. The summed E-state index contributed by atoms with van der Waals surface area (Å²) < 4.78 is 10.3. The van der Waals surface area contributed by atoms with Crippen LogP contribution in [0.2, 0.25) is 0 Å². The molecule has 2 fully saturated rings. The minimum Gasteiger partial charge on any atom is -0.494 e. The van der Waals surface area contributed by atoms with Gasteiger partial charge in [0, 0.05) is 18.7 Å². The third kappa shape index (κ3) is 3.75. The van der Waals surface area contributed by atoms with Crippen molar-refractivity contribution in [3.05, 3.63) is 29.8 Å². The van der Waals surface area contributed by atoms with Gasteiger partial charge in [0.1, 0.15) is 5.75 Å². The number of carbonyl (C=O) groups is 3. The number of unbranched alkanes of at least 4 members (excludes halogenated alkanes) is 1. The fraction of sp³-hybridized carbons (Fsp3) is 0.500. The van der Waals surface area contributed by atoms with Crippen LogP contribution in [0.15, 0.2) is 24.3 Å². The summed E-state index contributed by atoms with van der Waals surface area (Å²) in [6.07, 6.45) is 2.02. The van der Waals surface area contributed by atoms with Gasteiger partial charge in [0.15, 0.2) is 6.61 Å². The summed E-state index contributed by atoms with van der Waals surface area (Å²) in [6, 6.07) is 6.76. The number of cyclic esters (lactones) is 1. The van der Waals surface area contributed by atoms with Crippen LogP contribution in [0.5, 0.6) is 5.75 Å². The molecule has 1 unspecified atom stereocenters. The number of benzene rings is 1. The number of nitrogens with zero attached hydrogens (tertiary/aromatic N) is 2. The number of hydrogen-bond donors (Lipinski definition) is 0. The van der Waals surface area contributed by atoms with Crippen molar-refractivity contribution in [2.24, 2.45) is 0 Å². The van der Waals surface area contributed by atoms with Crippen molar-refractivity contribution < 1.29 is 23.9 Å². The molecule has 2 saturated heterocycles. The van der Waals surface area contributed by atoms with Gasteiger partial charge in [-0.05, 0) is 37.1 Å². The second-order valence-electron chi connectivity index (χ2n) is 6.24. The highest BCUT2D eigenvalue weighted by Crippen LogP contribution is 2.22. The summed E-state index contributed by atoms with van der Waals surface area (Å²) in [5.74, 6) is 0.301. The van der Waals surface area contributed by atoms with Crippen LogP contribution in [-0.2, 0) is 9.53 Å². The fourth-order valence-corrected chi connectivity index (χ4v) is 3.06. The quantitative estimate of drug-likeness (QED) is 0.737. The second kappa shape index (κ2) is 7.55. The Kier molecular flexibility index (Phi) is 5.21. The highest BCUT2D eigenvalue weighted by atomic mass is 16.6. The Morgan fingerprint density at radius 3 is 2.68 bits per heavy atom. The maximum atomic E-state index is 12.6. The molecule has 7 heteroatoms. The van der Waals surface area contributed by atoms with Gasteiger partial charge in [0.05, 0.1) is 12.6 Å². The number of imide groups is 1. The number of carbonyl (C=O) groups excluding carboxylic acids is 3. The van der Waals surface area contributed by atoms with Gasteiger partial charge in [-0.2, -0.15) is 0 Å². The first kappa shape index (κ1) is 17.3. The van der Waals surface area contributed by atoms with Crippen LogP contribution in [0.4, 0.5) is 4.79 Å². The fourth-order valence-electron chi connectivity index (χ4n) is 3.06. The number of hydrogen-bond acceptors (Lipinski definition) is 5. The first-order chi connectivity index (χ1) is 12.1. The number of ether oxygens (including phenoxy) is 2. The van der Waals surface area contributed by atoms with Gasteiger partial charge < -0.3 is 14.4 Å². The summed E-state index contributed by atoms with van der Waals surface area (Å²) >= 11 is 0. The van der Waals surface area contributed by atoms with E-state index in [1.54, 1.807) is 29.2 Å². The lowest BCUT2D eigenvalue weighted by Gasteiger charge is -2.20. The van der Waals surface area contributed by atoms with Crippen molar-refractivity contribution in [1.29, 1.82) is 0 Å². The highest BCUT2D eigenvalue weighted by molar-refractivity contribution is 5.98. The number of likely N-dealkylation sites (tertiary alicyclic amines) is 1. The molecule has 3 rings (SSSR count). The minimum absolute atomic E-state index is 0.109. The topological polar surface area (TPSA) is 76.2 Å². The van der Waals surface area contributed by atoms with Crippen molar-refractivity contribution in [2.75, 3.05) is 26.3 Å². The molecule has 3 amide bonds. The van der Waals surface area contributed by atoms with Crippen LogP contribution < -0.4 is 4.74 Å². The van der Waals surface area contributed by atoms with Gasteiger partial charge in [-0.3, -0.25) is 9.59 Å². The van der Waals surface area contributed by atoms with Gasteiger partial charge in [-0.1, -0.05) is 13.3 Å². The van der Waals surface area contributed by atoms with Crippen molar-refractivity contribution in [1.82, 2.24) is 9.80 Å². The van der Waals surface area contributed by atoms with E-state index in [4.69, 9.17) is 9.47 Å². The summed E-state index contributed by atoms with van der Waals surface area (Å²) in [5, 5.41) is 0. The van der Waals surface area contributed by atoms with E-state index >= 15 is 0 Å². The minimum atomic E-state index is -0.613. The molecule has 0 radical (unpaired) electrons. The maximum absolute atomic E-state index is 12.6. The lowest BCUT2D eigenvalue weighted by Crippen LogP contribution is -2.42. The Morgan fingerprint density at radius 1 is 1.28 bits per heavy atom. The molecule has 2 aliphatic rings. The van der Waals surface area contributed by atoms with E-state index in [0.717, 1.165) is 23.5 Å². The predicted octanol–water partition coefficient (Wildman–Crippen LogP) is 2.06. The molecular weight excluding hydrogens is 324 g/mol. The summed E-state index contributed by atoms with van der Waals surface area (Å²) in [6.45, 7) is 3.41. The smallest absolute Gasteiger partial charge is 0.417 e. The Morgan fingerprint density at radius 2 is 2.04 bits per heavy atom. The molecule has 2 aliphatic heterocycles. The van der Waals surface area contributed by atoms with E-state index in [-0.39, 0.29) is 24.5 Å². The van der Waals surface area contributed by atoms with E-state index < -0.39 is 6.09 Å². The van der Waals surface area contributed by atoms with Crippen LogP contribution in [0, 0.1) is 0 Å². The van der Waals surface area contributed by atoms with Crippen molar-refractivity contribution >= 4 is 17.9 Å². The van der Waals surface area contributed by atoms with Crippen molar-refractivity contribution in [3.63, 3.8) is 0 Å². The monoisotopic (exact) mass is 346 g/mol. The summed E-state index contributed by atoms with van der Waals surface area (Å²) in [7, 11) is 0. The van der Waals surface area contributed by atoms with Crippen LogP contribution >= 0.6 is 0 Å². The summed E-state index contributed by atoms with van der Waals surface area (Å²) in [4.78, 5) is 38.8. The third-order valence-electron chi connectivity index (χ3n) is 4.47. The van der Waals surface area contributed by atoms with Crippen LogP contribution in [0.25, 0.3) is 0 Å². The van der Waals surface area contributed by atoms with E-state index in [1.165, 1.54) is 0 Å². The Bertz CT molecular complexity index is 642. The molecule has 1 aromatic rings. The van der Waals surface area contributed by atoms with Crippen LogP contribution in [-0.4, -0.2) is 60.1 Å². The average Bonchev–Trinajstić information content (AvgIpc) is 3.22. The SMILES string of the molecule is CCCCOc1ccc(C(=O)N2CCC(N3C(=O)COC3=O)C2)cc1. The first-order valence-electron chi connectivity index (χ1n) is 8.61. The van der Waals surface area contributed by atoms with E-state index in [0.29, 0.717) is 31.7 Å². The van der Waals surface area contributed by atoms with Gasteiger partial charge >= 0.3 is 6.09 Å². The van der Waals surface area contributed by atoms with Gasteiger partial charge in [0.25, 0.3) is 11.8 Å². The third-order valence-corrected chi connectivity index (χ3v) is 4.47. The predicted molar refractivity (Wildman–Crippen MR) is 89.3 cm³/mol. The molecule has 2 heterocycles. The molecule has 0 aliphatic carbocycles. The van der Waals surface area contributed by atoms with E-state index in [1.807, 2.05) is 0 Å².